The van der Waals surface area contributed by atoms with E-state index in [2.05, 4.69) is 17.2 Å². The molecule has 2 rings (SSSR count). The number of nitrogens with two attached hydrogens (primary N) is 1. The molecule has 1 fully saturated rings. The number of rotatable bonds is 2. The average Bonchev–Trinajstić information content (AvgIpc) is 2.71. The summed E-state index contributed by atoms with van der Waals surface area (Å²) in [6.45, 7) is 2.10. The highest BCUT2D eigenvalue weighted by atomic mass is 15.5. The highest BCUT2D eigenvalue weighted by molar-refractivity contribution is 5.33. The van der Waals surface area contributed by atoms with Gasteiger partial charge in [0.25, 0.3) is 0 Å². The number of nitrogen functional groups attached to an aromatic ring is 1. The lowest BCUT2D eigenvalue weighted by atomic mass is 10.2. The van der Waals surface area contributed by atoms with Crippen molar-refractivity contribution in [2.45, 2.75) is 45.1 Å². The van der Waals surface area contributed by atoms with Crippen LogP contribution in [0.2, 0.25) is 0 Å². The van der Waals surface area contributed by atoms with Crippen LogP contribution in [0, 0.1) is 0 Å². The van der Waals surface area contributed by atoms with Gasteiger partial charge in [-0.05, 0) is 19.3 Å². The van der Waals surface area contributed by atoms with Gasteiger partial charge in [0.1, 0.15) is 0 Å². The third-order valence-electron chi connectivity index (χ3n) is 2.83. The Morgan fingerprint density at radius 1 is 1.46 bits per heavy atom. The van der Waals surface area contributed by atoms with E-state index >= 15 is 0 Å². The smallest absolute Gasteiger partial charge is 0.169 e. The van der Waals surface area contributed by atoms with Crippen molar-refractivity contribution in [1.82, 2.24) is 15.0 Å². The van der Waals surface area contributed by atoms with Crippen molar-refractivity contribution < 1.29 is 0 Å². The van der Waals surface area contributed by atoms with Crippen molar-refractivity contribution in [2.75, 3.05) is 5.73 Å². The van der Waals surface area contributed by atoms with Crippen molar-refractivity contribution in [3.8, 4) is 0 Å². The number of anilines is 1. The molecule has 0 bridgehead atoms. The van der Waals surface area contributed by atoms with Gasteiger partial charge in [0.2, 0.25) is 0 Å². The first-order valence-corrected chi connectivity index (χ1v) is 5.02. The molecule has 0 aliphatic heterocycles. The first-order valence-electron chi connectivity index (χ1n) is 5.02. The molecule has 4 heteroatoms. The molecular weight excluding hydrogens is 164 g/mol. The van der Waals surface area contributed by atoms with Gasteiger partial charge < -0.3 is 5.73 Å². The van der Waals surface area contributed by atoms with E-state index in [0.717, 1.165) is 12.1 Å². The lowest BCUT2D eigenvalue weighted by Gasteiger charge is -2.11. The number of hydrogen-bond acceptors (Lipinski definition) is 3. The molecule has 0 unspecified atom stereocenters. The molecule has 13 heavy (non-hydrogen) atoms. The SMILES string of the molecule is CCc1c(N)nnn1C1CCCC1. The maximum atomic E-state index is 5.73. The van der Waals surface area contributed by atoms with Gasteiger partial charge in [-0.3, -0.25) is 0 Å². The minimum Gasteiger partial charge on any atom is -0.381 e. The molecule has 2 N–H and O–H groups in total. The molecule has 1 aliphatic carbocycles. The van der Waals surface area contributed by atoms with Crippen LogP contribution in [0.4, 0.5) is 5.82 Å². The fourth-order valence-electron chi connectivity index (χ4n) is 2.11. The number of aromatic nitrogens is 3. The lowest BCUT2D eigenvalue weighted by Crippen LogP contribution is -2.10. The Hall–Kier alpha value is -1.06. The van der Waals surface area contributed by atoms with Crippen LogP contribution in [0.15, 0.2) is 0 Å². The molecule has 1 aromatic rings. The summed E-state index contributed by atoms with van der Waals surface area (Å²) < 4.78 is 2.03. The van der Waals surface area contributed by atoms with Gasteiger partial charge in [-0.1, -0.05) is 25.0 Å². The molecule has 0 aromatic carbocycles. The maximum absolute atomic E-state index is 5.73. The fraction of sp³-hybridized carbons (Fsp3) is 0.778. The van der Waals surface area contributed by atoms with E-state index < -0.39 is 0 Å². The molecule has 1 aromatic heterocycles. The van der Waals surface area contributed by atoms with E-state index in [0.29, 0.717) is 11.9 Å². The zero-order chi connectivity index (χ0) is 9.26. The summed E-state index contributed by atoms with van der Waals surface area (Å²) in [5.41, 5.74) is 6.83. The van der Waals surface area contributed by atoms with E-state index in [4.69, 9.17) is 5.73 Å². The Labute approximate surface area is 78.1 Å². The van der Waals surface area contributed by atoms with Crippen LogP contribution < -0.4 is 5.73 Å². The van der Waals surface area contributed by atoms with Gasteiger partial charge in [-0.15, -0.1) is 5.10 Å². The van der Waals surface area contributed by atoms with Gasteiger partial charge in [0.15, 0.2) is 5.82 Å². The predicted octanol–water partition coefficient (Wildman–Crippen LogP) is 1.54. The third kappa shape index (κ3) is 1.41. The molecule has 72 valence electrons. The normalized spacial score (nSPS) is 18.2. The molecule has 0 radical (unpaired) electrons. The number of hydrogen-bond donors (Lipinski definition) is 1. The Balaban J connectivity index is 2.27. The summed E-state index contributed by atoms with van der Waals surface area (Å²) in [5.74, 6) is 0.606. The van der Waals surface area contributed by atoms with Crippen molar-refractivity contribution in [3.05, 3.63) is 5.69 Å². The minimum atomic E-state index is 0.555. The Morgan fingerprint density at radius 2 is 2.15 bits per heavy atom. The molecule has 0 atom stereocenters. The molecule has 0 saturated heterocycles. The van der Waals surface area contributed by atoms with E-state index in [1.165, 1.54) is 25.7 Å². The second kappa shape index (κ2) is 3.36. The van der Waals surface area contributed by atoms with Crippen LogP contribution in [0.25, 0.3) is 0 Å². The van der Waals surface area contributed by atoms with E-state index in [9.17, 15) is 0 Å². The molecule has 4 nitrogen and oxygen atoms in total. The first-order chi connectivity index (χ1) is 6.33. The van der Waals surface area contributed by atoms with Crippen LogP contribution in [0.5, 0.6) is 0 Å². The summed E-state index contributed by atoms with van der Waals surface area (Å²) in [6.07, 6.45) is 6.02. The monoisotopic (exact) mass is 180 g/mol. The van der Waals surface area contributed by atoms with E-state index in [1.54, 1.807) is 0 Å². The van der Waals surface area contributed by atoms with Gasteiger partial charge in [0, 0.05) is 0 Å². The van der Waals surface area contributed by atoms with Crippen LogP contribution in [0.1, 0.15) is 44.3 Å². The van der Waals surface area contributed by atoms with Crippen LogP contribution in [-0.4, -0.2) is 15.0 Å². The van der Waals surface area contributed by atoms with Gasteiger partial charge in [-0.25, -0.2) is 4.68 Å². The summed E-state index contributed by atoms with van der Waals surface area (Å²) in [7, 11) is 0. The zero-order valence-corrected chi connectivity index (χ0v) is 8.03. The second-order valence-corrected chi connectivity index (χ2v) is 3.66. The topological polar surface area (TPSA) is 56.7 Å². The standard InChI is InChI=1S/C9H16N4/c1-2-8-9(10)11-12-13(8)7-5-3-4-6-7/h7H,2-6,10H2,1H3. The Kier molecular flexibility index (Phi) is 2.20. The Morgan fingerprint density at radius 3 is 2.77 bits per heavy atom. The minimum absolute atomic E-state index is 0.555. The summed E-state index contributed by atoms with van der Waals surface area (Å²) in [5, 5.41) is 8.03. The van der Waals surface area contributed by atoms with Gasteiger partial charge in [-0.2, -0.15) is 0 Å². The zero-order valence-electron chi connectivity index (χ0n) is 8.03. The molecule has 0 spiro atoms. The quantitative estimate of drug-likeness (QED) is 0.751. The van der Waals surface area contributed by atoms with Crippen LogP contribution in [-0.2, 0) is 6.42 Å². The van der Waals surface area contributed by atoms with Crippen molar-refractivity contribution in [3.63, 3.8) is 0 Å². The molecule has 1 aliphatic rings. The predicted molar refractivity (Wildman–Crippen MR) is 51.3 cm³/mol. The highest BCUT2D eigenvalue weighted by Crippen LogP contribution is 2.30. The van der Waals surface area contributed by atoms with E-state index in [-0.39, 0.29) is 0 Å². The maximum Gasteiger partial charge on any atom is 0.169 e. The molecule has 0 amide bonds. The molecule has 1 saturated carbocycles. The van der Waals surface area contributed by atoms with Crippen molar-refractivity contribution in [1.29, 1.82) is 0 Å². The average molecular weight is 180 g/mol. The largest absolute Gasteiger partial charge is 0.381 e. The second-order valence-electron chi connectivity index (χ2n) is 3.66. The lowest BCUT2D eigenvalue weighted by molar-refractivity contribution is 0.440. The number of nitrogens with zero attached hydrogens (tertiary/aromatic N) is 3. The van der Waals surface area contributed by atoms with Crippen molar-refractivity contribution >= 4 is 5.82 Å². The van der Waals surface area contributed by atoms with Gasteiger partial charge >= 0.3 is 0 Å². The molecular formula is C9H16N4. The summed E-state index contributed by atoms with van der Waals surface area (Å²) >= 11 is 0. The highest BCUT2D eigenvalue weighted by Gasteiger charge is 2.21. The van der Waals surface area contributed by atoms with Gasteiger partial charge in [0.05, 0.1) is 11.7 Å². The fourth-order valence-corrected chi connectivity index (χ4v) is 2.11. The van der Waals surface area contributed by atoms with Crippen LogP contribution in [0.3, 0.4) is 0 Å². The summed E-state index contributed by atoms with van der Waals surface area (Å²) in [6, 6.07) is 0.555. The van der Waals surface area contributed by atoms with Crippen LogP contribution >= 0.6 is 0 Å². The summed E-state index contributed by atoms with van der Waals surface area (Å²) in [4.78, 5) is 0. The Bertz CT molecular complexity index is 286. The van der Waals surface area contributed by atoms with Crippen molar-refractivity contribution in [2.24, 2.45) is 0 Å². The van der Waals surface area contributed by atoms with E-state index in [1.807, 2.05) is 4.68 Å². The first kappa shape index (κ1) is 8.53. The molecule has 1 heterocycles. The third-order valence-corrected chi connectivity index (χ3v) is 2.83.